The Balaban J connectivity index is 2.07. The summed E-state index contributed by atoms with van der Waals surface area (Å²) in [5, 5.41) is 0.306. The van der Waals surface area contributed by atoms with Gasteiger partial charge in [-0.25, -0.2) is 0 Å². The zero-order valence-corrected chi connectivity index (χ0v) is 11.1. The predicted molar refractivity (Wildman–Crippen MR) is 72.9 cm³/mol. The lowest BCUT2D eigenvalue weighted by Gasteiger charge is -2.29. The van der Waals surface area contributed by atoms with E-state index < -0.39 is 0 Å². The van der Waals surface area contributed by atoms with Crippen LogP contribution in [0.5, 0.6) is 0 Å². The van der Waals surface area contributed by atoms with Crippen molar-refractivity contribution < 1.29 is 4.79 Å². The molecule has 0 aliphatic heterocycles. The molecular weight excluding hydrogens is 228 g/mol. The summed E-state index contributed by atoms with van der Waals surface area (Å²) in [7, 11) is 0. The number of carbonyl (C=O) groups excluding carboxylic acids is 1. The van der Waals surface area contributed by atoms with E-state index in [-0.39, 0.29) is 5.92 Å². The number of hydrogen-bond acceptors (Lipinski definition) is 2. The highest BCUT2D eigenvalue weighted by Crippen LogP contribution is 2.35. The second-order valence-electron chi connectivity index (χ2n) is 4.76. The molecule has 1 aliphatic carbocycles. The number of benzene rings is 1. The van der Waals surface area contributed by atoms with Crippen LogP contribution in [0.25, 0.3) is 0 Å². The number of rotatable bonds is 2. The normalized spacial score (nSPS) is 28.0. The van der Waals surface area contributed by atoms with E-state index in [1.54, 1.807) is 0 Å². The topological polar surface area (TPSA) is 17.1 Å². The zero-order chi connectivity index (χ0) is 12.3. The lowest BCUT2D eigenvalue weighted by molar-refractivity contribution is -0.116. The van der Waals surface area contributed by atoms with Crippen LogP contribution in [0.4, 0.5) is 0 Å². The lowest BCUT2D eigenvalue weighted by atomic mass is 9.78. The highest BCUT2D eigenvalue weighted by atomic mass is 32.2. The van der Waals surface area contributed by atoms with Crippen LogP contribution in [0.2, 0.25) is 0 Å². The molecule has 1 aromatic carbocycles. The monoisotopic (exact) mass is 246 g/mol. The van der Waals surface area contributed by atoms with Crippen LogP contribution in [0.15, 0.2) is 47.4 Å². The van der Waals surface area contributed by atoms with Crippen LogP contribution in [0.1, 0.15) is 20.3 Å². The number of hydrogen-bond donors (Lipinski definition) is 0. The summed E-state index contributed by atoms with van der Waals surface area (Å²) in [5.74, 6) is 0.978. The number of allylic oxidation sites excluding steroid dienone is 2. The molecule has 0 bridgehead atoms. The molecule has 1 nitrogen and oxygen atoms in total. The van der Waals surface area contributed by atoms with Crippen molar-refractivity contribution in [2.45, 2.75) is 25.2 Å². The Morgan fingerprint density at radius 1 is 1.24 bits per heavy atom. The van der Waals surface area contributed by atoms with E-state index in [0.717, 1.165) is 11.3 Å². The van der Waals surface area contributed by atoms with Gasteiger partial charge in [0.05, 0.1) is 0 Å². The average Bonchev–Trinajstić information content (AvgIpc) is 2.30. The fourth-order valence-electron chi connectivity index (χ4n) is 2.41. The van der Waals surface area contributed by atoms with E-state index in [1.165, 1.54) is 11.8 Å². The van der Waals surface area contributed by atoms with Crippen molar-refractivity contribution in [1.29, 1.82) is 0 Å². The highest BCUT2D eigenvalue weighted by molar-refractivity contribution is 8.13. The summed E-state index contributed by atoms with van der Waals surface area (Å²) >= 11 is 1.38. The molecule has 0 heterocycles. The molecule has 0 fully saturated rings. The minimum absolute atomic E-state index is 0.158. The van der Waals surface area contributed by atoms with E-state index >= 15 is 0 Å². The molecule has 3 atom stereocenters. The SMILES string of the molecule is C[C@H]1C=CC[C@H](C)[C@H]1C(=O)Sc1ccccc1. The van der Waals surface area contributed by atoms with Crippen molar-refractivity contribution >= 4 is 16.9 Å². The van der Waals surface area contributed by atoms with Gasteiger partial charge < -0.3 is 0 Å². The van der Waals surface area contributed by atoms with E-state index in [0.29, 0.717) is 17.0 Å². The van der Waals surface area contributed by atoms with E-state index in [2.05, 4.69) is 26.0 Å². The third-order valence-corrected chi connectivity index (χ3v) is 4.34. The highest BCUT2D eigenvalue weighted by Gasteiger charge is 2.31. The Morgan fingerprint density at radius 3 is 2.59 bits per heavy atom. The van der Waals surface area contributed by atoms with Gasteiger partial charge in [0.25, 0.3) is 0 Å². The molecule has 0 saturated carbocycles. The van der Waals surface area contributed by atoms with Crippen LogP contribution < -0.4 is 0 Å². The van der Waals surface area contributed by atoms with Crippen LogP contribution in [0, 0.1) is 17.8 Å². The molecule has 0 aromatic heterocycles. The fourth-order valence-corrected chi connectivity index (χ4v) is 3.52. The molecule has 90 valence electrons. The molecule has 17 heavy (non-hydrogen) atoms. The Labute approximate surface area is 107 Å². The van der Waals surface area contributed by atoms with Crippen LogP contribution in [-0.4, -0.2) is 5.12 Å². The summed E-state index contributed by atoms with van der Waals surface area (Å²) in [6.07, 6.45) is 5.40. The Hall–Kier alpha value is -1.02. The maximum Gasteiger partial charge on any atom is 0.197 e. The van der Waals surface area contributed by atoms with Crippen molar-refractivity contribution in [1.82, 2.24) is 0 Å². The van der Waals surface area contributed by atoms with Crippen LogP contribution >= 0.6 is 11.8 Å². The third kappa shape index (κ3) is 3.01. The lowest BCUT2D eigenvalue weighted by Crippen LogP contribution is -2.27. The molecule has 0 amide bonds. The van der Waals surface area contributed by atoms with Crippen molar-refractivity contribution in [3.63, 3.8) is 0 Å². The average molecular weight is 246 g/mol. The summed E-state index contributed by atoms with van der Waals surface area (Å²) in [6.45, 7) is 4.31. The van der Waals surface area contributed by atoms with Gasteiger partial charge in [-0.05, 0) is 30.4 Å². The van der Waals surface area contributed by atoms with E-state index in [4.69, 9.17) is 0 Å². The van der Waals surface area contributed by atoms with Crippen molar-refractivity contribution in [2.75, 3.05) is 0 Å². The van der Waals surface area contributed by atoms with Gasteiger partial charge in [0.2, 0.25) is 0 Å². The number of thioether (sulfide) groups is 1. The minimum atomic E-state index is 0.158. The predicted octanol–water partition coefficient (Wildman–Crippen LogP) is 4.15. The summed E-state index contributed by atoms with van der Waals surface area (Å²) in [5.41, 5.74) is 0. The Bertz CT molecular complexity index is 410. The van der Waals surface area contributed by atoms with Crippen LogP contribution in [-0.2, 0) is 4.79 Å². The molecular formula is C15H18OS. The quantitative estimate of drug-likeness (QED) is 0.576. The van der Waals surface area contributed by atoms with Gasteiger partial charge in [0, 0.05) is 10.8 Å². The summed E-state index contributed by atoms with van der Waals surface area (Å²) < 4.78 is 0. The summed E-state index contributed by atoms with van der Waals surface area (Å²) in [4.78, 5) is 13.4. The maximum atomic E-state index is 12.3. The smallest absolute Gasteiger partial charge is 0.197 e. The first-order chi connectivity index (χ1) is 8.18. The van der Waals surface area contributed by atoms with Crippen molar-refractivity contribution in [3.05, 3.63) is 42.5 Å². The maximum absolute atomic E-state index is 12.3. The van der Waals surface area contributed by atoms with Crippen LogP contribution in [0.3, 0.4) is 0 Å². The fraction of sp³-hybridized carbons (Fsp3) is 0.400. The van der Waals surface area contributed by atoms with E-state index in [9.17, 15) is 4.79 Å². The molecule has 0 unspecified atom stereocenters. The van der Waals surface area contributed by atoms with E-state index in [1.807, 2.05) is 30.3 Å². The largest absolute Gasteiger partial charge is 0.286 e. The third-order valence-electron chi connectivity index (χ3n) is 3.36. The second-order valence-corrected chi connectivity index (χ2v) is 5.84. The van der Waals surface area contributed by atoms with Crippen molar-refractivity contribution in [2.24, 2.45) is 17.8 Å². The molecule has 2 heteroatoms. The number of carbonyl (C=O) groups is 1. The Kier molecular flexibility index (Phi) is 4.06. The van der Waals surface area contributed by atoms with Gasteiger partial charge in [-0.15, -0.1) is 0 Å². The zero-order valence-electron chi connectivity index (χ0n) is 10.3. The molecule has 0 N–H and O–H groups in total. The van der Waals surface area contributed by atoms with Gasteiger partial charge in [-0.1, -0.05) is 56.0 Å². The molecule has 2 rings (SSSR count). The molecule has 1 aromatic rings. The van der Waals surface area contributed by atoms with Gasteiger partial charge in [0.1, 0.15) is 0 Å². The molecule has 0 radical (unpaired) electrons. The molecule has 0 saturated heterocycles. The molecule has 0 spiro atoms. The van der Waals surface area contributed by atoms with Gasteiger partial charge in [-0.2, -0.15) is 0 Å². The first-order valence-corrected chi connectivity index (χ1v) is 6.93. The summed E-state index contributed by atoms with van der Waals surface area (Å²) in [6, 6.07) is 9.92. The first-order valence-electron chi connectivity index (χ1n) is 6.12. The van der Waals surface area contributed by atoms with Crippen molar-refractivity contribution in [3.8, 4) is 0 Å². The van der Waals surface area contributed by atoms with Gasteiger partial charge in [-0.3, -0.25) is 4.79 Å². The van der Waals surface area contributed by atoms with Gasteiger partial charge >= 0.3 is 0 Å². The standard InChI is InChI=1S/C15H18OS/c1-11-7-6-8-12(2)14(11)15(16)17-13-9-4-3-5-10-13/h3-7,9-12,14H,8H2,1-2H3/t11-,12-,14-/m0/s1. The first kappa shape index (κ1) is 12.4. The Morgan fingerprint density at radius 2 is 1.94 bits per heavy atom. The minimum Gasteiger partial charge on any atom is -0.286 e. The second kappa shape index (κ2) is 5.54. The molecule has 1 aliphatic rings. The van der Waals surface area contributed by atoms with Gasteiger partial charge in [0.15, 0.2) is 5.12 Å².